The molecular weight excluding hydrogens is 322 g/mol. The van der Waals surface area contributed by atoms with Crippen molar-refractivity contribution in [3.63, 3.8) is 0 Å². The summed E-state index contributed by atoms with van der Waals surface area (Å²) in [6.45, 7) is 5.89. The molecule has 1 fully saturated rings. The van der Waals surface area contributed by atoms with Crippen LogP contribution in [-0.4, -0.2) is 58.5 Å². The smallest absolute Gasteiger partial charge is 0.254 e. The van der Waals surface area contributed by atoms with Crippen molar-refractivity contribution >= 4 is 11.9 Å². The monoisotopic (exact) mass is 343 g/mol. The van der Waals surface area contributed by atoms with Crippen molar-refractivity contribution in [2.75, 3.05) is 37.7 Å². The van der Waals surface area contributed by atoms with Gasteiger partial charge in [-0.25, -0.2) is 9.97 Å². The standard InChI is InChI=1S/C16H21N7O2/c24-15(18-10-13-7-14-11-17-1-2-23(14)21-13)12-8-19-16(20-9-12)22-3-5-25-6-4-22/h7-9,17H,1-6,10-11H2,(H,18,24). The molecule has 0 radical (unpaired) electrons. The van der Waals surface area contributed by atoms with E-state index in [0.717, 1.165) is 44.1 Å². The number of ether oxygens (including phenoxy) is 1. The van der Waals surface area contributed by atoms with E-state index in [1.807, 2.05) is 10.7 Å². The van der Waals surface area contributed by atoms with E-state index in [2.05, 4.69) is 30.6 Å². The van der Waals surface area contributed by atoms with Gasteiger partial charge >= 0.3 is 0 Å². The highest BCUT2D eigenvalue weighted by molar-refractivity contribution is 5.93. The number of hydrogen-bond acceptors (Lipinski definition) is 7. The van der Waals surface area contributed by atoms with Crippen LogP contribution in [0.5, 0.6) is 0 Å². The minimum Gasteiger partial charge on any atom is -0.378 e. The quantitative estimate of drug-likeness (QED) is 0.775. The highest BCUT2D eigenvalue weighted by Gasteiger charge is 2.16. The van der Waals surface area contributed by atoms with E-state index in [9.17, 15) is 4.79 Å². The van der Waals surface area contributed by atoms with E-state index < -0.39 is 0 Å². The van der Waals surface area contributed by atoms with Crippen LogP contribution in [0.3, 0.4) is 0 Å². The van der Waals surface area contributed by atoms with Gasteiger partial charge < -0.3 is 20.3 Å². The molecule has 1 saturated heterocycles. The van der Waals surface area contributed by atoms with Crippen molar-refractivity contribution < 1.29 is 9.53 Å². The third-order valence-electron chi connectivity index (χ3n) is 4.34. The second kappa shape index (κ2) is 7.16. The molecule has 0 saturated carbocycles. The molecule has 25 heavy (non-hydrogen) atoms. The maximum Gasteiger partial charge on any atom is 0.254 e. The van der Waals surface area contributed by atoms with Gasteiger partial charge in [0.15, 0.2) is 0 Å². The Bertz CT molecular complexity index is 714. The Kier molecular flexibility index (Phi) is 4.57. The molecule has 4 rings (SSSR count). The van der Waals surface area contributed by atoms with Gasteiger partial charge in [-0.15, -0.1) is 0 Å². The molecule has 2 aliphatic rings. The van der Waals surface area contributed by atoms with Crippen molar-refractivity contribution in [3.8, 4) is 0 Å². The number of aromatic nitrogens is 4. The Labute approximate surface area is 145 Å². The molecule has 0 aliphatic carbocycles. The number of nitrogens with zero attached hydrogens (tertiary/aromatic N) is 5. The fraction of sp³-hybridized carbons (Fsp3) is 0.500. The lowest BCUT2D eigenvalue weighted by atomic mass is 10.3. The first-order valence-corrected chi connectivity index (χ1v) is 8.49. The van der Waals surface area contributed by atoms with E-state index >= 15 is 0 Å². The first-order valence-electron chi connectivity index (χ1n) is 8.49. The number of fused-ring (bicyclic) bond motifs is 1. The molecule has 0 unspecified atom stereocenters. The Balaban J connectivity index is 1.35. The van der Waals surface area contributed by atoms with Crippen LogP contribution in [0, 0.1) is 0 Å². The second-order valence-electron chi connectivity index (χ2n) is 6.08. The molecule has 0 aromatic carbocycles. The topological polar surface area (TPSA) is 97.2 Å². The number of carbonyl (C=O) groups excluding carboxylic acids is 1. The molecule has 0 atom stereocenters. The zero-order chi connectivity index (χ0) is 17.1. The van der Waals surface area contributed by atoms with Crippen LogP contribution in [0.15, 0.2) is 18.5 Å². The average Bonchev–Trinajstić information content (AvgIpc) is 3.10. The molecular formula is C16H21N7O2. The molecule has 4 heterocycles. The minimum absolute atomic E-state index is 0.197. The summed E-state index contributed by atoms with van der Waals surface area (Å²) in [6, 6.07) is 2.02. The van der Waals surface area contributed by atoms with E-state index in [1.54, 1.807) is 12.4 Å². The number of anilines is 1. The molecule has 2 aromatic rings. The van der Waals surface area contributed by atoms with Crippen LogP contribution in [0.25, 0.3) is 0 Å². The van der Waals surface area contributed by atoms with Gasteiger partial charge in [0.1, 0.15) is 0 Å². The van der Waals surface area contributed by atoms with Gasteiger partial charge in [0.2, 0.25) is 5.95 Å². The Hall–Kier alpha value is -2.52. The Morgan fingerprint density at radius 3 is 2.80 bits per heavy atom. The largest absolute Gasteiger partial charge is 0.378 e. The maximum atomic E-state index is 12.3. The molecule has 9 heteroatoms. The lowest BCUT2D eigenvalue weighted by Crippen LogP contribution is -2.37. The molecule has 1 amide bonds. The van der Waals surface area contributed by atoms with Crippen molar-refractivity contribution in [2.24, 2.45) is 0 Å². The zero-order valence-corrected chi connectivity index (χ0v) is 13.9. The fourth-order valence-electron chi connectivity index (χ4n) is 2.98. The number of rotatable bonds is 4. The predicted molar refractivity (Wildman–Crippen MR) is 90.2 cm³/mol. The first kappa shape index (κ1) is 16.0. The molecule has 9 nitrogen and oxygen atoms in total. The number of hydrogen-bond donors (Lipinski definition) is 2. The number of amides is 1. The highest BCUT2D eigenvalue weighted by Crippen LogP contribution is 2.10. The van der Waals surface area contributed by atoms with Gasteiger partial charge in [-0.2, -0.15) is 5.10 Å². The van der Waals surface area contributed by atoms with Crippen molar-refractivity contribution in [1.29, 1.82) is 0 Å². The SMILES string of the molecule is O=C(NCc1cc2n(n1)CCNC2)c1cnc(N2CCOCC2)nc1. The van der Waals surface area contributed by atoms with Gasteiger partial charge in [0, 0.05) is 38.6 Å². The van der Waals surface area contributed by atoms with Crippen LogP contribution >= 0.6 is 0 Å². The summed E-state index contributed by atoms with van der Waals surface area (Å²) in [5.74, 6) is 0.437. The normalized spacial score (nSPS) is 17.2. The lowest BCUT2D eigenvalue weighted by molar-refractivity contribution is 0.0949. The molecule has 132 valence electrons. The predicted octanol–water partition coefficient (Wildman–Crippen LogP) is -0.457. The summed E-state index contributed by atoms with van der Waals surface area (Å²) < 4.78 is 7.30. The molecule has 2 N–H and O–H groups in total. The van der Waals surface area contributed by atoms with E-state index in [0.29, 0.717) is 31.3 Å². The van der Waals surface area contributed by atoms with Crippen molar-refractivity contribution in [2.45, 2.75) is 19.6 Å². The van der Waals surface area contributed by atoms with E-state index in [-0.39, 0.29) is 5.91 Å². The zero-order valence-electron chi connectivity index (χ0n) is 13.9. The first-order chi connectivity index (χ1) is 12.3. The summed E-state index contributed by atoms with van der Waals surface area (Å²) in [5, 5.41) is 10.7. The lowest BCUT2D eigenvalue weighted by Gasteiger charge is -2.26. The summed E-state index contributed by atoms with van der Waals surface area (Å²) >= 11 is 0. The summed E-state index contributed by atoms with van der Waals surface area (Å²) in [4.78, 5) is 22.9. The number of morpholine rings is 1. The summed E-state index contributed by atoms with van der Waals surface area (Å²) in [7, 11) is 0. The van der Waals surface area contributed by atoms with E-state index in [1.165, 1.54) is 0 Å². The van der Waals surface area contributed by atoms with Crippen molar-refractivity contribution in [3.05, 3.63) is 35.4 Å². The molecule has 0 spiro atoms. The third kappa shape index (κ3) is 3.62. The van der Waals surface area contributed by atoms with Gasteiger partial charge in [-0.1, -0.05) is 0 Å². The van der Waals surface area contributed by atoms with Gasteiger partial charge in [0.25, 0.3) is 5.91 Å². The minimum atomic E-state index is -0.197. The number of carbonyl (C=O) groups is 1. The van der Waals surface area contributed by atoms with Crippen LogP contribution in [0.1, 0.15) is 21.7 Å². The van der Waals surface area contributed by atoms with Crippen LogP contribution in [0.2, 0.25) is 0 Å². The van der Waals surface area contributed by atoms with Crippen LogP contribution in [-0.2, 0) is 24.4 Å². The average molecular weight is 343 g/mol. The van der Waals surface area contributed by atoms with Gasteiger partial charge in [0.05, 0.1) is 43.3 Å². The van der Waals surface area contributed by atoms with Crippen molar-refractivity contribution in [1.82, 2.24) is 30.4 Å². The van der Waals surface area contributed by atoms with Crippen LogP contribution < -0.4 is 15.5 Å². The maximum absolute atomic E-state index is 12.3. The third-order valence-corrected chi connectivity index (χ3v) is 4.34. The molecule has 2 aliphatic heterocycles. The Morgan fingerprint density at radius 2 is 2.04 bits per heavy atom. The van der Waals surface area contributed by atoms with E-state index in [4.69, 9.17) is 4.74 Å². The number of nitrogens with one attached hydrogen (secondary N) is 2. The summed E-state index contributed by atoms with van der Waals surface area (Å²) in [5.41, 5.74) is 2.45. The van der Waals surface area contributed by atoms with Gasteiger partial charge in [-0.05, 0) is 6.07 Å². The fourth-order valence-corrected chi connectivity index (χ4v) is 2.98. The Morgan fingerprint density at radius 1 is 1.24 bits per heavy atom. The molecule has 2 aromatic heterocycles. The summed E-state index contributed by atoms with van der Waals surface area (Å²) in [6.07, 6.45) is 3.13. The highest BCUT2D eigenvalue weighted by atomic mass is 16.5. The molecule has 0 bridgehead atoms. The van der Waals surface area contributed by atoms with Crippen LogP contribution in [0.4, 0.5) is 5.95 Å². The van der Waals surface area contributed by atoms with Gasteiger partial charge in [-0.3, -0.25) is 9.48 Å². The second-order valence-corrected chi connectivity index (χ2v) is 6.08.